The first-order valence-corrected chi connectivity index (χ1v) is 10.6. The fourth-order valence-electron chi connectivity index (χ4n) is 4.27. The first-order chi connectivity index (χ1) is 15.3. The highest BCUT2D eigenvalue weighted by Crippen LogP contribution is 2.35. The molecule has 2 aromatic carbocycles. The lowest BCUT2D eigenvalue weighted by Crippen LogP contribution is -2.38. The van der Waals surface area contributed by atoms with E-state index in [0.29, 0.717) is 35.4 Å². The summed E-state index contributed by atoms with van der Waals surface area (Å²) in [7, 11) is 1.57. The molecule has 0 unspecified atom stereocenters. The van der Waals surface area contributed by atoms with Crippen LogP contribution in [0.4, 0.5) is 0 Å². The molecule has 4 rings (SSSR count). The molecule has 32 heavy (non-hydrogen) atoms. The van der Waals surface area contributed by atoms with Crippen molar-refractivity contribution in [1.29, 1.82) is 0 Å². The fourth-order valence-corrected chi connectivity index (χ4v) is 4.27. The third-order valence-corrected chi connectivity index (χ3v) is 5.81. The van der Waals surface area contributed by atoms with Crippen molar-refractivity contribution in [1.82, 2.24) is 9.88 Å². The Balaban J connectivity index is 1.81. The number of benzene rings is 2. The Morgan fingerprint density at radius 2 is 1.72 bits per heavy atom. The Hall–Kier alpha value is -3.67. The Kier molecular flexibility index (Phi) is 5.70. The van der Waals surface area contributed by atoms with Crippen LogP contribution in [0.15, 0.2) is 65.6 Å². The van der Waals surface area contributed by atoms with Crippen molar-refractivity contribution in [2.45, 2.75) is 33.2 Å². The van der Waals surface area contributed by atoms with E-state index in [1.807, 2.05) is 56.3 Å². The molecule has 1 aromatic heterocycles. The van der Waals surface area contributed by atoms with Crippen molar-refractivity contribution in [2.75, 3.05) is 7.11 Å². The van der Waals surface area contributed by atoms with Crippen LogP contribution in [-0.4, -0.2) is 23.4 Å². The number of hydrogen-bond donors (Lipinski definition) is 1. The number of amides is 1. The highest BCUT2D eigenvalue weighted by atomic mass is 16.5. The van der Waals surface area contributed by atoms with Gasteiger partial charge in [-0.15, -0.1) is 0 Å². The van der Waals surface area contributed by atoms with E-state index in [4.69, 9.17) is 4.74 Å². The predicted molar refractivity (Wildman–Crippen MR) is 123 cm³/mol. The molecule has 164 valence electrons. The van der Waals surface area contributed by atoms with Crippen LogP contribution in [0, 0.1) is 5.41 Å². The maximum atomic E-state index is 13.5. The number of nitrogens with one attached hydrogen (secondary N) is 1. The van der Waals surface area contributed by atoms with Crippen LogP contribution in [0.1, 0.15) is 52.1 Å². The Morgan fingerprint density at radius 1 is 1.03 bits per heavy atom. The van der Waals surface area contributed by atoms with Gasteiger partial charge in [0.1, 0.15) is 11.3 Å². The van der Waals surface area contributed by atoms with Gasteiger partial charge in [0.2, 0.25) is 0 Å². The Bertz CT molecular complexity index is 1240. The second-order valence-electron chi connectivity index (χ2n) is 8.84. The molecule has 0 saturated carbocycles. The normalized spacial score (nSPS) is 14.5. The lowest BCUT2D eigenvalue weighted by atomic mass is 9.73. The van der Waals surface area contributed by atoms with Gasteiger partial charge in [0.25, 0.3) is 11.5 Å². The molecule has 0 fully saturated rings. The van der Waals surface area contributed by atoms with Gasteiger partial charge in [0, 0.05) is 36.0 Å². The van der Waals surface area contributed by atoms with Gasteiger partial charge in [0.15, 0.2) is 5.78 Å². The third-order valence-electron chi connectivity index (χ3n) is 5.81. The lowest BCUT2D eigenvalue weighted by molar-refractivity contribution is 0.0909. The van der Waals surface area contributed by atoms with Crippen molar-refractivity contribution >= 4 is 11.7 Å². The van der Waals surface area contributed by atoms with E-state index in [9.17, 15) is 14.4 Å². The van der Waals surface area contributed by atoms with Crippen molar-refractivity contribution in [3.05, 3.63) is 93.4 Å². The largest absolute Gasteiger partial charge is 0.496 e. The van der Waals surface area contributed by atoms with Gasteiger partial charge in [-0.05, 0) is 35.6 Å². The summed E-state index contributed by atoms with van der Waals surface area (Å²) in [6.45, 7) is 4.16. The molecule has 1 N–H and O–H groups in total. The first kappa shape index (κ1) is 21.6. The smallest absolute Gasteiger partial charge is 0.268 e. The number of rotatable bonds is 5. The summed E-state index contributed by atoms with van der Waals surface area (Å²) in [6, 6.07) is 16.4. The second kappa shape index (κ2) is 8.46. The van der Waals surface area contributed by atoms with Crippen molar-refractivity contribution in [2.24, 2.45) is 5.41 Å². The van der Waals surface area contributed by atoms with Crippen molar-refractivity contribution in [3.8, 4) is 11.4 Å². The minimum Gasteiger partial charge on any atom is -0.496 e. The van der Waals surface area contributed by atoms with Crippen molar-refractivity contribution < 1.29 is 14.3 Å². The van der Waals surface area contributed by atoms with Gasteiger partial charge in [-0.3, -0.25) is 19.0 Å². The molecule has 6 nitrogen and oxygen atoms in total. The average molecular weight is 431 g/mol. The molecule has 0 spiro atoms. The van der Waals surface area contributed by atoms with E-state index in [1.165, 1.54) is 4.57 Å². The highest BCUT2D eigenvalue weighted by Gasteiger charge is 2.35. The van der Waals surface area contributed by atoms with Crippen LogP contribution in [0.25, 0.3) is 5.69 Å². The molecule has 0 radical (unpaired) electrons. The molecule has 1 amide bonds. The molecule has 0 atom stereocenters. The van der Waals surface area contributed by atoms with Crippen LogP contribution >= 0.6 is 0 Å². The van der Waals surface area contributed by atoms with Crippen LogP contribution in [0.2, 0.25) is 0 Å². The summed E-state index contributed by atoms with van der Waals surface area (Å²) in [5.41, 5.74) is 1.65. The summed E-state index contributed by atoms with van der Waals surface area (Å²) < 4.78 is 6.75. The third kappa shape index (κ3) is 4.08. The zero-order valence-corrected chi connectivity index (χ0v) is 18.5. The van der Waals surface area contributed by atoms with E-state index in [1.54, 1.807) is 25.4 Å². The van der Waals surface area contributed by atoms with Crippen molar-refractivity contribution in [3.63, 3.8) is 0 Å². The maximum absolute atomic E-state index is 13.5. The molecule has 1 aliphatic rings. The van der Waals surface area contributed by atoms with Gasteiger partial charge < -0.3 is 10.1 Å². The van der Waals surface area contributed by atoms with E-state index in [2.05, 4.69) is 5.32 Å². The van der Waals surface area contributed by atoms with Crippen LogP contribution in [0.3, 0.4) is 0 Å². The summed E-state index contributed by atoms with van der Waals surface area (Å²) in [5, 5.41) is 2.86. The van der Waals surface area contributed by atoms with Crippen LogP contribution < -0.4 is 15.6 Å². The number of carbonyl (C=O) groups excluding carboxylic acids is 2. The molecule has 6 heteroatoms. The number of carbonyl (C=O) groups is 2. The van der Waals surface area contributed by atoms with E-state index < -0.39 is 11.5 Å². The number of Topliss-reactive ketones (excluding diaryl/α,β-unsaturated/α-hetero) is 1. The minimum absolute atomic E-state index is 0.0300. The number of methoxy groups -OCH3 is 1. The van der Waals surface area contributed by atoms with Gasteiger partial charge in [-0.25, -0.2) is 0 Å². The average Bonchev–Trinajstić information content (AvgIpc) is 2.77. The molecule has 0 saturated heterocycles. The van der Waals surface area contributed by atoms with Crippen LogP contribution in [-0.2, 0) is 13.0 Å². The first-order valence-electron chi connectivity index (χ1n) is 10.6. The molecule has 1 aliphatic carbocycles. The zero-order chi connectivity index (χ0) is 22.9. The number of fused-ring (bicyclic) bond motifs is 1. The number of ketones is 1. The molecular formula is C26H26N2O4. The number of aromatic nitrogens is 1. The van der Waals surface area contributed by atoms with Gasteiger partial charge in [-0.1, -0.05) is 50.2 Å². The van der Waals surface area contributed by atoms with E-state index in [-0.39, 0.29) is 23.3 Å². The summed E-state index contributed by atoms with van der Waals surface area (Å²) in [5.74, 6) is 0.105. The van der Waals surface area contributed by atoms with Gasteiger partial charge in [0.05, 0.1) is 7.11 Å². The number of para-hydroxylation sites is 2. The number of nitrogens with zero attached hydrogens (tertiary/aromatic N) is 1. The SMILES string of the molecule is COc1ccccc1CNC(=O)c1c2c(cn(-c3ccccc3)c1=O)C(=O)CC(C)(C)C2. The number of pyridine rings is 1. The topological polar surface area (TPSA) is 77.4 Å². The molecule has 3 aromatic rings. The second-order valence-corrected chi connectivity index (χ2v) is 8.84. The summed E-state index contributed by atoms with van der Waals surface area (Å²) in [6.07, 6.45) is 2.44. The van der Waals surface area contributed by atoms with Crippen LogP contribution in [0.5, 0.6) is 5.75 Å². The quantitative estimate of drug-likeness (QED) is 0.665. The number of hydrogen-bond acceptors (Lipinski definition) is 4. The maximum Gasteiger partial charge on any atom is 0.268 e. The zero-order valence-electron chi connectivity index (χ0n) is 18.5. The van der Waals surface area contributed by atoms with Gasteiger partial charge >= 0.3 is 0 Å². The Morgan fingerprint density at radius 3 is 2.44 bits per heavy atom. The van der Waals surface area contributed by atoms with E-state index >= 15 is 0 Å². The molecule has 1 heterocycles. The standard InChI is InChI=1S/C26H26N2O4/c1-26(2)13-19-20(21(29)14-26)16-28(18-10-5-4-6-11-18)25(31)23(19)24(30)27-15-17-9-7-8-12-22(17)32-3/h4-12,16H,13-15H2,1-3H3,(H,27,30). The fraction of sp³-hybridized carbons (Fsp3) is 0.269. The summed E-state index contributed by atoms with van der Waals surface area (Å²) in [4.78, 5) is 39.8. The highest BCUT2D eigenvalue weighted by molar-refractivity contribution is 6.04. The minimum atomic E-state index is -0.493. The monoisotopic (exact) mass is 430 g/mol. The molecular weight excluding hydrogens is 404 g/mol. The molecule has 0 bridgehead atoms. The Labute approximate surface area is 186 Å². The summed E-state index contributed by atoms with van der Waals surface area (Å²) >= 11 is 0. The number of ether oxygens (including phenoxy) is 1. The van der Waals surface area contributed by atoms with Gasteiger partial charge in [-0.2, -0.15) is 0 Å². The predicted octanol–water partition coefficient (Wildman–Crippen LogP) is 3.93. The lowest BCUT2D eigenvalue weighted by Gasteiger charge is -2.31. The molecule has 0 aliphatic heterocycles. The van der Waals surface area contributed by atoms with E-state index in [0.717, 1.165) is 5.56 Å².